The van der Waals surface area contributed by atoms with E-state index in [1.807, 2.05) is 26.5 Å². The first-order chi connectivity index (χ1) is 45.8. The van der Waals surface area contributed by atoms with Crippen molar-refractivity contribution in [3.63, 3.8) is 0 Å². The number of unbranched alkanes of at least 4 members (excludes halogenated alkanes) is 4. The van der Waals surface area contributed by atoms with Crippen molar-refractivity contribution in [3.8, 4) is 18.1 Å². The lowest BCUT2D eigenvalue weighted by atomic mass is 9.91. The molecule has 6 rings (SSSR count). The molecule has 0 radical (unpaired) electrons. The summed E-state index contributed by atoms with van der Waals surface area (Å²) in [5.74, 6) is -2.39. The molecule has 5 N–H and O–H groups in total. The fourth-order valence-corrected chi connectivity index (χ4v) is 11.8. The van der Waals surface area contributed by atoms with Crippen molar-refractivity contribution in [3.05, 3.63) is 71.4 Å². The molecule has 520 valence electrons. The van der Waals surface area contributed by atoms with Crippen LogP contribution in [0.3, 0.4) is 0 Å². The maximum atomic E-state index is 14.0. The van der Waals surface area contributed by atoms with Crippen LogP contribution in [0.15, 0.2) is 59.7 Å². The molecule has 2 atom stereocenters. The highest BCUT2D eigenvalue weighted by Crippen LogP contribution is 2.32. The van der Waals surface area contributed by atoms with Crippen LogP contribution in [-0.2, 0) is 54.3 Å². The van der Waals surface area contributed by atoms with Crippen molar-refractivity contribution in [1.29, 1.82) is 0 Å². The summed E-state index contributed by atoms with van der Waals surface area (Å²) < 4.78 is 44.1. The maximum absolute atomic E-state index is 14.0. The molecule has 25 nitrogen and oxygen atoms in total. The van der Waals surface area contributed by atoms with Crippen molar-refractivity contribution in [2.24, 2.45) is 10.9 Å². The molecule has 3 saturated heterocycles. The standard InChI is InChI=1S/C68H96F2N12O13/c1-4-55-42-68(69,70)46-82(55)64(88)43-74-66(91)57-24-29-72-59-23-22-56(41-58(57)59)95-40-11-8-13-54-25-30-81(31-26-54)63(87)17-6-5-9-28-73-67(92)60(15-7-10-27-71-52(3)75-61(85)16-12-14-53-20-18-51(2)19-21-53)76-62(86)44-77-32-33-78(45-65(89)90)35-37-80(48-94-50-84)39-38-79(36-34-77)47-93-49-83/h1,18-24,29,41,49-50,54-55,60H,5-17,25-28,30-40,42-48H2,2-3H3,(H,73,92)(H,74,91)(H,76,86)(H,89,90)(H,71,75,85)/t55-,60-/m0/s1. The molecular formula is C68H96F2N12O13. The number of fused-ring (bicyclic) bond motifs is 1. The number of pyridine rings is 1. The summed E-state index contributed by atoms with van der Waals surface area (Å²) in [6.07, 6.45) is 16.4. The van der Waals surface area contributed by atoms with Crippen LogP contribution < -0.4 is 26.0 Å². The number of benzene rings is 2. The van der Waals surface area contributed by atoms with Gasteiger partial charge in [-0.05, 0) is 120 Å². The highest BCUT2D eigenvalue weighted by Gasteiger charge is 2.46. The Morgan fingerprint density at radius 1 is 0.768 bits per heavy atom. The van der Waals surface area contributed by atoms with Gasteiger partial charge in [0.15, 0.2) is 0 Å². The van der Waals surface area contributed by atoms with Gasteiger partial charge in [-0.2, -0.15) is 0 Å². The first kappa shape index (κ1) is 75.8. The van der Waals surface area contributed by atoms with Crippen molar-refractivity contribution in [2.75, 3.05) is 125 Å². The van der Waals surface area contributed by atoms with E-state index in [4.69, 9.17) is 20.6 Å². The van der Waals surface area contributed by atoms with E-state index in [0.717, 1.165) is 43.4 Å². The van der Waals surface area contributed by atoms with Gasteiger partial charge in [0.2, 0.25) is 29.5 Å². The number of alkyl halides is 2. The zero-order chi connectivity index (χ0) is 68.4. The number of piperidine rings is 1. The summed E-state index contributed by atoms with van der Waals surface area (Å²) in [4.78, 5) is 133. The fraction of sp³-hybridized carbons (Fsp3) is 0.603. The molecule has 0 saturated carbocycles. The summed E-state index contributed by atoms with van der Waals surface area (Å²) >= 11 is 0. The minimum Gasteiger partial charge on any atom is -0.494 e. The lowest BCUT2D eigenvalue weighted by Gasteiger charge is -2.33. The third-order valence-electron chi connectivity index (χ3n) is 17.3. The van der Waals surface area contributed by atoms with E-state index in [0.29, 0.717) is 184 Å². The number of terminal acetylenes is 1. The molecule has 0 aliphatic carbocycles. The van der Waals surface area contributed by atoms with Crippen molar-refractivity contribution in [1.82, 2.24) is 55.7 Å². The van der Waals surface area contributed by atoms with Gasteiger partial charge in [-0.15, -0.1) is 6.42 Å². The quantitative estimate of drug-likeness (QED) is 0.0177. The number of hydrogen-bond donors (Lipinski definition) is 5. The number of hydrogen-bond acceptors (Lipinski definition) is 18. The highest BCUT2D eigenvalue weighted by molar-refractivity contribution is 6.07. The Balaban J connectivity index is 0.918. The molecule has 0 unspecified atom stereocenters. The van der Waals surface area contributed by atoms with Gasteiger partial charge in [-0.1, -0.05) is 48.6 Å². The Morgan fingerprint density at radius 3 is 2.11 bits per heavy atom. The number of carbonyl (C=O) groups excluding carboxylic acids is 8. The summed E-state index contributed by atoms with van der Waals surface area (Å²) in [5.41, 5.74) is 3.15. The van der Waals surface area contributed by atoms with Crippen LogP contribution >= 0.6 is 0 Å². The van der Waals surface area contributed by atoms with Gasteiger partial charge in [0, 0.05) is 109 Å². The summed E-state index contributed by atoms with van der Waals surface area (Å²) in [5, 5.41) is 21.6. The van der Waals surface area contributed by atoms with Crippen molar-refractivity contribution in [2.45, 2.75) is 135 Å². The Kier molecular flexibility index (Phi) is 32.7. The van der Waals surface area contributed by atoms with Crippen LogP contribution in [0.4, 0.5) is 8.78 Å². The molecule has 4 heterocycles. The number of ether oxygens (including phenoxy) is 3. The van der Waals surface area contributed by atoms with E-state index in [-0.39, 0.29) is 49.8 Å². The van der Waals surface area contributed by atoms with Crippen LogP contribution in [0.5, 0.6) is 5.75 Å². The smallest absolute Gasteiger partial charge is 0.317 e. The van der Waals surface area contributed by atoms with Gasteiger partial charge in [0.05, 0.1) is 55.7 Å². The average Bonchev–Trinajstić information content (AvgIpc) is 1.66. The third kappa shape index (κ3) is 28.0. The summed E-state index contributed by atoms with van der Waals surface area (Å²) in [6.45, 7) is 8.18. The second-order valence-corrected chi connectivity index (χ2v) is 24.7. The molecule has 3 aliphatic heterocycles. The molecule has 6 amide bonds. The van der Waals surface area contributed by atoms with E-state index in [2.05, 4.69) is 61.4 Å². The van der Waals surface area contributed by atoms with Gasteiger partial charge < -0.3 is 50.4 Å². The number of amidine groups is 1. The molecule has 2 aromatic carbocycles. The largest absolute Gasteiger partial charge is 0.494 e. The van der Waals surface area contributed by atoms with Gasteiger partial charge in [0.25, 0.3) is 24.8 Å². The number of halogens is 2. The minimum absolute atomic E-state index is 0.00340. The summed E-state index contributed by atoms with van der Waals surface area (Å²) in [6, 6.07) is 13.1. The molecule has 27 heteroatoms. The Hall–Kier alpha value is -8.19. The minimum atomic E-state index is -3.09. The lowest BCUT2D eigenvalue weighted by molar-refractivity contribution is -0.139. The van der Waals surface area contributed by atoms with Crippen molar-refractivity contribution < 1.29 is 71.2 Å². The Labute approximate surface area is 555 Å². The van der Waals surface area contributed by atoms with Gasteiger partial charge in [0.1, 0.15) is 25.3 Å². The van der Waals surface area contributed by atoms with Crippen molar-refractivity contribution >= 4 is 71.1 Å². The first-order valence-electron chi connectivity index (χ1n) is 33.2. The topological polar surface area (TPSA) is 294 Å². The van der Waals surface area contributed by atoms with E-state index in [9.17, 15) is 57.0 Å². The molecular weight excluding hydrogens is 1230 g/mol. The number of nitrogens with zero attached hydrogens (tertiary/aromatic N) is 8. The number of aryl methyl sites for hydroxylation is 2. The molecule has 3 aromatic rings. The number of aliphatic imine (C=N–C) groups is 1. The van der Waals surface area contributed by atoms with Gasteiger partial charge in [-0.3, -0.25) is 72.7 Å². The third-order valence-corrected chi connectivity index (χ3v) is 17.3. The number of aliphatic carboxylic acids is 1. The number of carbonyl (C=O) groups is 9. The maximum Gasteiger partial charge on any atom is 0.317 e. The van der Waals surface area contributed by atoms with E-state index in [1.165, 1.54) is 23.4 Å². The first-order valence-corrected chi connectivity index (χ1v) is 33.2. The molecule has 3 fully saturated rings. The fourth-order valence-electron chi connectivity index (χ4n) is 11.8. The molecule has 0 spiro atoms. The van der Waals surface area contributed by atoms with E-state index >= 15 is 0 Å². The number of carboxylic acid groups (broad SMARTS) is 1. The average molecular weight is 1330 g/mol. The summed E-state index contributed by atoms with van der Waals surface area (Å²) in [7, 11) is 0. The van der Waals surface area contributed by atoms with Crippen LogP contribution in [0, 0.1) is 25.2 Å². The molecule has 95 heavy (non-hydrogen) atoms. The lowest BCUT2D eigenvalue weighted by Crippen LogP contribution is -2.52. The zero-order valence-corrected chi connectivity index (χ0v) is 55.1. The molecule has 0 bridgehead atoms. The second-order valence-electron chi connectivity index (χ2n) is 24.7. The van der Waals surface area contributed by atoms with Crippen LogP contribution in [-0.4, -0.2) is 242 Å². The van der Waals surface area contributed by atoms with Gasteiger partial charge >= 0.3 is 5.97 Å². The predicted octanol–water partition coefficient (Wildman–Crippen LogP) is 4.39. The number of amides is 6. The van der Waals surface area contributed by atoms with E-state index in [1.54, 1.807) is 30.0 Å². The number of likely N-dealkylation sites (tertiary alicyclic amines) is 2. The van der Waals surface area contributed by atoms with E-state index < -0.39 is 61.2 Å². The van der Waals surface area contributed by atoms with Crippen LogP contribution in [0.25, 0.3) is 10.9 Å². The number of aromatic nitrogens is 1. The Bertz CT molecular complexity index is 3050. The SMILES string of the molecule is C#C[C@H]1CC(F)(F)CN1C(=O)CNC(=O)c1ccnc2ccc(OCCCCC3CCN(C(=O)CCCCCNC(=O)[C@H](CCCC/N=C(\C)NC(=O)CCCc4ccc(C)cc4)NC(=O)CN4CCN(COC=O)CCN(COC=O)CCN(CC(=O)O)CC4)CC3)cc12. The number of carboxylic acids is 1. The number of rotatable bonds is 36. The second kappa shape index (κ2) is 40.9. The monoisotopic (exact) mass is 1330 g/mol. The Morgan fingerprint density at radius 2 is 1.44 bits per heavy atom. The zero-order valence-electron chi connectivity index (χ0n) is 55.1. The highest BCUT2D eigenvalue weighted by atomic mass is 19.3. The van der Waals surface area contributed by atoms with Crippen LogP contribution in [0.2, 0.25) is 0 Å². The predicted molar refractivity (Wildman–Crippen MR) is 352 cm³/mol. The molecule has 1 aromatic heterocycles. The molecule has 3 aliphatic rings. The van der Waals surface area contributed by atoms with Crippen LogP contribution in [0.1, 0.15) is 125 Å². The van der Waals surface area contributed by atoms with Gasteiger partial charge in [-0.25, -0.2) is 8.78 Å². The normalized spacial score (nSPS) is 17.5. The number of nitrogens with one attached hydrogen (secondary N) is 4.